The Hall–Kier alpha value is -2.09. The third kappa shape index (κ3) is 4.17. The second-order valence-corrected chi connectivity index (χ2v) is 6.43. The van der Waals surface area contributed by atoms with Gasteiger partial charge < -0.3 is 19.8 Å². The molecule has 8 heteroatoms. The molecule has 1 aromatic carbocycles. The van der Waals surface area contributed by atoms with E-state index in [0.717, 1.165) is 38.2 Å². The molecule has 0 unspecified atom stereocenters. The summed E-state index contributed by atoms with van der Waals surface area (Å²) in [7, 11) is 0. The minimum absolute atomic E-state index is 0.0105. The van der Waals surface area contributed by atoms with E-state index in [-0.39, 0.29) is 12.2 Å². The van der Waals surface area contributed by atoms with Crippen LogP contribution in [0.3, 0.4) is 0 Å². The summed E-state index contributed by atoms with van der Waals surface area (Å²) in [5.74, 6) is -0.639. The van der Waals surface area contributed by atoms with Gasteiger partial charge in [0.1, 0.15) is 5.56 Å². The topological polar surface area (TPSA) is 83.7 Å². The van der Waals surface area contributed by atoms with Crippen molar-refractivity contribution in [1.29, 1.82) is 0 Å². The molecule has 26 heavy (non-hydrogen) atoms. The smallest absolute Gasteiger partial charge is 0.345 e. The molecule has 0 radical (unpaired) electrons. The highest BCUT2D eigenvalue weighted by atomic mass is 35.5. The number of H-pyrrole nitrogens is 1. The number of benzene rings is 1. The fourth-order valence-electron chi connectivity index (χ4n) is 3.02. The molecule has 3 rings (SSSR count). The Labute approximate surface area is 156 Å². The summed E-state index contributed by atoms with van der Waals surface area (Å²) >= 11 is 6.03. The van der Waals surface area contributed by atoms with Crippen LogP contribution in [0.25, 0.3) is 10.9 Å². The van der Waals surface area contributed by atoms with Gasteiger partial charge in [0.15, 0.2) is 0 Å². The van der Waals surface area contributed by atoms with Crippen LogP contribution in [0.1, 0.15) is 17.3 Å². The van der Waals surface area contributed by atoms with Gasteiger partial charge in [-0.25, -0.2) is 4.79 Å². The quantitative estimate of drug-likeness (QED) is 0.748. The number of pyridine rings is 1. The lowest BCUT2D eigenvalue weighted by Gasteiger charge is -2.26. The Kier molecular flexibility index (Phi) is 6.13. The zero-order chi connectivity index (χ0) is 18.5. The van der Waals surface area contributed by atoms with Crippen molar-refractivity contribution >= 4 is 34.2 Å². The van der Waals surface area contributed by atoms with Crippen LogP contribution in [-0.2, 0) is 9.47 Å². The highest BCUT2D eigenvalue weighted by Crippen LogP contribution is 2.26. The second-order valence-electron chi connectivity index (χ2n) is 6.00. The molecule has 2 aromatic rings. The summed E-state index contributed by atoms with van der Waals surface area (Å²) in [5.41, 5.74) is 0.548. The number of nitrogens with one attached hydrogen (secondary N) is 2. The fourth-order valence-corrected chi connectivity index (χ4v) is 3.19. The summed E-state index contributed by atoms with van der Waals surface area (Å²) in [4.78, 5) is 29.8. The van der Waals surface area contributed by atoms with Crippen LogP contribution >= 0.6 is 11.6 Å². The van der Waals surface area contributed by atoms with Gasteiger partial charge in [0.2, 0.25) is 0 Å². The Morgan fingerprint density at radius 3 is 2.88 bits per heavy atom. The number of nitrogens with zero attached hydrogens (tertiary/aromatic N) is 1. The molecule has 7 nitrogen and oxygen atoms in total. The molecule has 1 aliphatic rings. The van der Waals surface area contributed by atoms with Crippen molar-refractivity contribution in [3.8, 4) is 0 Å². The number of halogens is 1. The Bertz CT molecular complexity index is 846. The van der Waals surface area contributed by atoms with Crippen LogP contribution in [0, 0.1) is 0 Å². The molecule has 0 bridgehead atoms. The lowest BCUT2D eigenvalue weighted by atomic mass is 10.1. The number of ether oxygens (including phenoxy) is 2. The number of rotatable bonds is 6. The minimum Gasteiger partial charge on any atom is -0.462 e. The van der Waals surface area contributed by atoms with E-state index in [1.165, 1.54) is 0 Å². The summed E-state index contributed by atoms with van der Waals surface area (Å²) in [6.07, 6.45) is 0. The first-order valence-electron chi connectivity index (χ1n) is 8.66. The molecule has 0 amide bonds. The van der Waals surface area contributed by atoms with Gasteiger partial charge in [-0.05, 0) is 25.1 Å². The molecule has 1 aliphatic heterocycles. The van der Waals surface area contributed by atoms with Crippen LogP contribution in [-0.4, -0.2) is 61.9 Å². The maximum Gasteiger partial charge on any atom is 0.345 e. The van der Waals surface area contributed by atoms with Crippen molar-refractivity contribution in [3.63, 3.8) is 0 Å². The number of aromatic amines is 1. The van der Waals surface area contributed by atoms with Gasteiger partial charge in [-0.2, -0.15) is 0 Å². The number of fused-ring (bicyclic) bond motifs is 1. The molecule has 0 saturated carbocycles. The van der Waals surface area contributed by atoms with Crippen molar-refractivity contribution in [2.45, 2.75) is 6.92 Å². The minimum atomic E-state index is -0.639. The van der Waals surface area contributed by atoms with Gasteiger partial charge in [-0.15, -0.1) is 0 Å². The molecule has 140 valence electrons. The predicted octanol–water partition coefficient (Wildman–Crippen LogP) is 2.10. The number of esters is 1. The van der Waals surface area contributed by atoms with Gasteiger partial charge in [-0.3, -0.25) is 9.69 Å². The molecule has 1 saturated heterocycles. The van der Waals surface area contributed by atoms with Crippen molar-refractivity contribution in [2.75, 3.05) is 51.3 Å². The van der Waals surface area contributed by atoms with E-state index < -0.39 is 11.5 Å². The van der Waals surface area contributed by atoms with Crippen LogP contribution in [0.4, 0.5) is 5.69 Å². The van der Waals surface area contributed by atoms with E-state index in [1.807, 2.05) is 0 Å². The summed E-state index contributed by atoms with van der Waals surface area (Å²) < 4.78 is 10.4. The Morgan fingerprint density at radius 2 is 2.15 bits per heavy atom. The van der Waals surface area contributed by atoms with Gasteiger partial charge in [0.05, 0.1) is 31.0 Å². The van der Waals surface area contributed by atoms with E-state index in [4.69, 9.17) is 21.1 Å². The second kappa shape index (κ2) is 8.53. The monoisotopic (exact) mass is 379 g/mol. The van der Waals surface area contributed by atoms with Crippen molar-refractivity contribution in [3.05, 3.63) is 39.1 Å². The molecule has 2 N–H and O–H groups in total. The number of anilines is 1. The largest absolute Gasteiger partial charge is 0.462 e. The van der Waals surface area contributed by atoms with Crippen LogP contribution < -0.4 is 10.9 Å². The maximum absolute atomic E-state index is 12.5. The first-order valence-corrected chi connectivity index (χ1v) is 9.04. The van der Waals surface area contributed by atoms with E-state index in [9.17, 15) is 9.59 Å². The lowest BCUT2D eigenvalue weighted by molar-refractivity contribution is 0.0398. The number of aromatic nitrogens is 1. The van der Waals surface area contributed by atoms with E-state index >= 15 is 0 Å². The molecule has 0 spiro atoms. The van der Waals surface area contributed by atoms with E-state index in [1.54, 1.807) is 25.1 Å². The van der Waals surface area contributed by atoms with Gasteiger partial charge in [0, 0.05) is 36.6 Å². The fraction of sp³-hybridized carbons (Fsp3) is 0.444. The standard InChI is InChI=1S/C18H22ClN3O4/c1-2-26-18(24)15-16(20-5-6-22-7-9-25-10-8-22)13-4-3-12(19)11-14(13)21-17(15)23/h3-4,11H,2,5-10H2,1H3,(H2,20,21,23). The lowest BCUT2D eigenvalue weighted by Crippen LogP contribution is -2.39. The highest BCUT2D eigenvalue weighted by Gasteiger charge is 2.21. The molecule has 2 heterocycles. The maximum atomic E-state index is 12.5. The molecule has 0 aliphatic carbocycles. The molecule has 1 fully saturated rings. The molecular formula is C18H22ClN3O4. The van der Waals surface area contributed by atoms with Gasteiger partial charge in [0.25, 0.3) is 5.56 Å². The normalized spacial score (nSPS) is 15.2. The number of carbonyl (C=O) groups excluding carboxylic acids is 1. The van der Waals surface area contributed by atoms with Crippen LogP contribution in [0.5, 0.6) is 0 Å². The molecular weight excluding hydrogens is 358 g/mol. The van der Waals surface area contributed by atoms with Gasteiger partial charge in [-0.1, -0.05) is 11.6 Å². The zero-order valence-electron chi connectivity index (χ0n) is 14.6. The molecule has 1 aromatic heterocycles. The Balaban J connectivity index is 1.92. The summed E-state index contributed by atoms with van der Waals surface area (Å²) in [5, 5.41) is 4.49. The van der Waals surface area contributed by atoms with E-state index in [2.05, 4.69) is 15.2 Å². The van der Waals surface area contributed by atoms with Crippen molar-refractivity contribution < 1.29 is 14.3 Å². The first-order chi connectivity index (χ1) is 12.6. The summed E-state index contributed by atoms with van der Waals surface area (Å²) in [6, 6.07) is 5.18. The first kappa shape index (κ1) is 18.7. The number of carbonyl (C=O) groups is 1. The van der Waals surface area contributed by atoms with Crippen LogP contribution in [0.2, 0.25) is 5.02 Å². The zero-order valence-corrected chi connectivity index (χ0v) is 15.4. The average molecular weight is 380 g/mol. The number of morpholine rings is 1. The Morgan fingerprint density at radius 1 is 1.38 bits per heavy atom. The third-order valence-electron chi connectivity index (χ3n) is 4.29. The summed E-state index contributed by atoms with van der Waals surface area (Å²) in [6.45, 7) is 6.47. The molecule has 0 atom stereocenters. The van der Waals surface area contributed by atoms with Gasteiger partial charge >= 0.3 is 5.97 Å². The van der Waals surface area contributed by atoms with Crippen molar-refractivity contribution in [1.82, 2.24) is 9.88 Å². The predicted molar refractivity (Wildman–Crippen MR) is 101 cm³/mol. The van der Waals surface area contributed by atoms with Crippen molar-refractivity contribution in [2.24, 2.45) is 0 Å². The average Bonchev–Trinajstić information content (AvgIpc) is 2.62. The van der Waals surface area contributed by atoms with Crippen LogP contribution in [0.15, 0.2) is 23.0 Å². The number of hydrogen-bond acceptors (Lipinski definition) is 6. The number of hydrogen-bond donors (Lipinski definition) is 2. The SMILES string of the molecule is CCOC(=O)c1c(NCCN2CCOCC2)c2ccc(Cl)cc2[nH]c1=O. The third-order valence-corrected chi connectivity index (χ3v) is 4.52. The van der Waals surface area contributed by atoms with E-state index in [0.29, 0.717) is 22.8 Å². The highest BCUT2D eigenvalue weighted by molar-refractivity contribution is 6.31.